The number of methoxy groups -OCH3 is 1. The van der Waals surface area contributed by atoms with Crippen molar-refractivity contribution in [3.05, 3.63) is 59.8 Å². The summed E-state index contributed by atoms with van der Waals surface area (Å²) in [6.45, 7) is 1.74. The molecule has 1 unspecified atom stereocenters. The molecule has 0 aliphatic carbocycles. The molecule has 5 nitrogen and oxygen atoms in total. The van der Waals surface area contributed by atoms with E-state index in [1.165, 1.54) is 30.1 Å². The number of fused-ring (bicyclic) bond motifs is 1. The third kappa shape index (κ3) is 2.90. The highest BCUT2D eigenvalue weighted by Gasteiger charge is 2.44. The third-order valence-electron chi connectivity index (χ3n) is 4.73. The van der Waals surface area contributed by atoms with Crippen molar-refractivity contribution in [2.24, 2.45) is 0 Å². The summed E-state index contributed by atoms with van der Waals surface area (Å²) in [6.07, 6.45) is -2.72. The van der Waals surface area contributed by atoms with Gasteiger partial charge in [0.15, 0.2) is 5.54 Å². The fraction of sp³-hybridized carbons (Fsp3) is 0.263. The van der Waals surface area contributed by atoms with Gasteiger partial charge in [-0.15, -0.1) is 0 Å². The smallest absolute Gasteiger partial charge is 0.416 e. The second-order valence-corrected chi connectivity index (χ2v) is 6.12. The van der Waals surface area contributed by atoms with Gasteiger partial charge in [-0.3, -0.25) is 0 Å². The van der Waals surface area contributed by atoms with Crippen LogP contribution in [-0.4, -0.2) is 22.9 Å². The van der Waals surface area contributed by atoms with Crippen LogP contribution in [0, 0.1) is 0 Å². The third-order valence-corrected chi connectivity index (χ3v) is 4.73. The molecule has 0 aliphatic rings. The highest BCUT2D eigenvalue weighted by molar-refractivity contribution is 5.93. The van der Waals surface area contributed by atoms with Gasteiger partial charge in [-0.25, -0.2) is 9.48 Å². The van der Waals surface area contributed by atoms with Gasteiger partial charge in [-0.2, -0.15) is 18.3 Å². The average Bonchev–Trinajstić information content (AvgIpc) is 3.08. The number of nitrogens with zero attached hydrogens (tertiary/aromatic N) is 2. The SMILES string of the molecule is CCC(C(=O)OC)(c1ccc(C(F)(F)F)cc1)n1ncc2c(N)cccc21. The van der Waals surface area contributed by atoms with Gasteiger partial charge in [0.05, 0.1) is 24.4 Å². The van der Waals surface area contributed by atoms with E-state index in [0.29, 0.717) is 22.2 Å². The summed E-state index contributed by atoms with van der Waals surface area (Å²) in [5, 5.41) is 4.97. The van der Waals surface area contributed by atoms with Crippen molar-refractivity contribution >= 4 is 22.6 Å². The molecule has 3 rings (SSSR count). The van der Waals surface area contributed by atoms with Gasteiger partial charge in [0.1, 0.15) is 0 Å². The van der Waals surface area contributed by atoms with E-state index in [0.717, 1.165) is 12.1 Å². The molecule has 142 valence electrons. The van der Waals surface area contributed by atoms with E-state index in [4.69, 9.17) is 10.5 Å². The van der Waals surface area contributed by atoms with Crippen LogP contribution >= 0.6 is 0 Å². The second kappa shape index (κ2) is 6.61. The lowest BCUT2D eigenvalue weighted by atomic mass is 9.86. The molecule has 1 heterocycles. The number of nitrogens with two attached hydrogens (primary N) is 1. The molecule has 0 spiro atoms. The molecular weight excluding hydrogens is 359 g/mol. The number of nitrogen functional groups attached to an aromatic ring is 1. The van der Waals surface area contributed by atoms with Gasteiger partial charge in [0, 0.05) is 11.1 Å². The Kier molecular flexibility index (Phi) is 4.59. The quantitative estimate of drug-likeness (QED) is 0.552. The molecule has 2 aromatic carbocycles. The van der Waals surface area contributed by atoms with Crippen LogP contribution in [0.15, 0.2) is 48.7 Å². The van der Waals surface area contributed by atoms with Gasteiger partial charge < -0.3 is 10.5 Å². The highest BCUT2D eigenvalue weighted by Crippen LogP contribution is 2.37. The number of carbonyl (C=O) groups is 1. The summed E-state index contributed by atoms with van der Waals surface area (Å²) in [5.74, 6) is -0.628. The van der Waals surface area contributed by atoms with E-state index in [2.05, 4.69) is 5.10 Å². The van der Waals surface area contributed by atoms with E-state index >= 15 is 0 Å². The van der Waals surface area contributed by atoms with Crippen LogP contribution in [0.4, 0.5) is 18.9 Å². The second-order valence-electron chi connectivity index (χ2n) is 6.12. The Bertz CT molecular complexity index is 980. The minimum atomic E-state index is -4.47. The van der Waals surface area contributed by atoms with Crippen molar-refractivity contribution in [3.8, 4) is 0 Å². The molecule has 0 aliphatic heterocycles. The van der Waals surface area contributed by atoms with Gasteiger partial charge in [0.2, 0.25) is 0 Å². The lowest BCUT2D eigenvalue weighted by molar-refractivity contribution is -0.149. The molecular formula is C19H18F3N3O2. The van der Waals surface area contributed by atoms with Crippen LogP contribution in [0.1, 0.15) is 24.5 Å². The van der Waals surface area contributed by atoms with Crippen molar-refractivity contribution in [2.45, 2.75) is 25.1 Å². The van der Waals surface area contributed by atoms with Gasteiger partial charge in [0.25, 0.3) is 0 Å². The number of hydrogen-bond donors (Lipinski definition) is 1. The van der Waals surface area contributed by atoms with Crippen molar-refractivity contribution in [3.63, 3.8) is 0 Å². The number of halogens is 3. The largest absolute Gasteiger partial charge is 0.467 e. The van der Waals surface area contributed by atoms with E-state index in [9.17, 15) is 18.0 Å². The molecule has 1 aromatic heterocycles. The number of anilines is 1. The van der Waals surface area contributed by atoms with Gasteiger partial charge in [-0.05, 0) is 36.2 Å². The first-order valence-electron chi connectivity index (χ1n) is 8.24. The number of esters is 1. The Balaban J connectivity index is 2.27. The average molecular weight is 377 g/mol. The minimum absolute atomic E-state index is 0.219. The number of benzene rings is 2. The van der Waals surface area contributed by atoms with Crippen LogP contribution in [0.25, 0.3) is 10.9 Å². The molecule has 3 aromatic rings. The molecule has 0 bridgehead atoms. The summed E-state index contributed by atoms with van der Waals surface area (Å²) in [4.78, 5) is 12.8. The van der Waals surface area contributed by atoms with Crippen LogP contribution in [0.5, 0.6) is 0 Å². The first-order chi connectivity index (χ1) is 12.8. The number of ether oxygens (including phenoxy) is 1. The first kappa shape index (κ1) is 18.8. The Labute approximate surface area is 153 Å². The van der Waals surface area contributed by atoms with Crippen LogP contribution in [0.2, 0.25) is 0 Å². The maximum Gasteiger partial charge on any atom is 0.416 e. The van der Waals surface area contributed by atoms with E-state index < -0.39 is 23.2 Å². The highest BCUT2D eigenvalue weighted by atomic mass is 19.4. The lowest BCUT2D eigenvalue weighted by Gasteiger charge is -2.31. The van der Waals surface area contributed by atoms with Gasteiger partial charge >= 0.3 is 12.1 Å². The van der Waals surface area contributed by atoms with E-state index in [1.54, 1.807) is 25.1 Å². The summed E-state index contributed by atoms with van der Waals surface area (Å²) in [5.41, 5.74) is 5.17. The van der Waals surface area contributed by atoms with Crippen LogP contribution in [0.3, 0.4) is 0 Å². The number of alkyl halides is 3. The van der Waals surface area contributed by atoms with E-state index in [-0.39, 0.29) is 6.42 Å². The Hall–Kier alpha value is -3.03. The Morgan fingerprint density at radius 2 is 1.78 bits per heavy atom. The molecule has 0 saturated carbocycles. The maximum atomic E-state index is 12.9. The molecule has 0 amide bonds. The summed E-state index contributed by atoms with van der Waals surface area (Å²) in [7, 11) is 1.23. The molecule has 2 N–H and O–H groups in total. The summed E-state index contributed by atoms with van der Waals surface area (Å²) in [6, 6.07) is 9.63. The van der Waals surface area contributed by atoms with Crippen molar-refractivity contribution in [1.29, 1.82) is 0 Å². The fourth-order valence-corrected chi connectivity index (χ4v) is 3.31. The number of carbonyl (C=O) groups excluding carboxylic acids is 1. The van der Waals surface area contributed by atoms with Crippen molar-refractivity contribution in [2.75, 3.05) is 12.8 Å². The van der Waals surface area contributed by atoms with E-state index in [1.807, 2.05) is 0 Å². The molecule has 0 fully saturated rings. The predicted octanol–water partition coefficient (Wildman–Crippen LogP) is 3.96. The maximum absolute atomic E-state index is 12.9. The molecule has 27 heavy (non-hydrogen) atoms. The Morgan fingerprint density at radius 1 is 1.15 bits per heavy atom. The zero-order valence-electron chi connectivity index (χ0n) is 14.7. The van der Waals surface area contributed by atoms with Crippen LogP contribution < -0.4 is 5.73 Å². The minimum Gasteiger partial charge on any atom is -0.467 e. The van der Waals surface area contributed by atoms with Crippen molar-refractivity contribution in [1.82, 2.24) is 9.78 Å². The molecule has 8 heteroatoms. The number of rotatable bonds is 4. The number of aromatic nitrogens is 2. The molecule has 1 atom stereocenters. The monoisotopic (exact) mass is 377 g/mol. The van der Waals surface area contributed by atoms with Crippen LogP contribution in [-0.2, 0) is 21.2 Å². The topological polar surface area (TPSA) is 70.1 Å². The zero-order chi connectivity index (χ0) is 19.8. The number of hydrogen-bond acceptors (Lipinski definition) is 4. The normalized spacial score (nSPS) is 14.1. The first-order valence-corrected chi connectivity index (χ1v) is 8.24. The standard InChI is InChI=1S/C19H18F3N3O2/c1-3-18(17(26)27-2,12-7-9-13(10-8-12)19(20,21)22)25-16-6-4-5-15(23)14(16)11-24-25/h4-11H,3,23H2,1-2H3. The summed E-state index contributed by atoms with van der Waals surface area (Å²) >= 11 is 0. The molecule has 0 saturated heterocycles. The Morgan fingerprint density at radius 3 is 2.33 bits per heavy atom. The van der Waals surface area contributed by atoms with Gasteiger partial charge in [-0.1, -0.05) is 25.1 Å². The van der Waals surface area contributed by atoms with Crippen molar-refractivity contribution < 1.29 is 22.7 Å². The lowest BCUT2D eigenvalue weighted by Crippen LogP contribution is -2.44. The summed E-state index contributed by atoms with van der Waals surface area (Å²) < 4.78 is 45.3. The zero-order valence-corrected chi connectivity index (χ0v) is 14.7. The predicted molar refractivity (Wildman–Crippen MR) is 95.0 cm³/mol. The fourth-order valence-electron chi connectivity index (χ4n) is 3.31. The molecule has 0 radical (unpaired) electrons.